The number of hydrogen-bond acceptors (Lipinski definition) is 2. The van der Waals surface area contributed by atoms with Crippen molar-refractivity contribution >= 4 is 28.9 Å². The molecule has 0 spiro atoms. The second kappa shape index (κ2) is 6.69. The fourth-order valence-electron chi connectivity index (χ4n) is 1.69. The monoisotopic (exact) mass is 295 g/mol. The van der Waals surface area contributed by atoms with Crippen molar-refractivity contribution in [1.29, 1.82) is 0 Å². The molecule has 2 aromatic carbocycles. The summed E-state index contributed by atoms with van der Waals surface area (Å²) in [7, 11) is 0. The number of ether oxygens (including phenoxy) is 1. The van der Waals surface area contributed by atoms with Crippen LogP contribution in [0.1, 0.15) is 6.92 Å². The zero-order valence-electron chi connectivity index (χ0n) is 10.6. The van der Waals surface area contributed by atoms with E-state index in [4.69, 9.17) is 27.9 Å². The second-order valence-corrected chi connectivity index (χ2v) is 5.15. The van der Waals surface area contributed by atoms with Crippen molar-refractivity contribution in [1.82, 2.24) is 0 Å². The van der Waals surface area contributed by atoms with Crippen molar-refractivity contribution in [3.63, 3.8) is 0 Å². The lowest BCUT2D eigenvalue weighted by Gasteiger charge is -2.16. The lowest BCUT2D eigenvalue weighted by atomic mass is 10.3. The van der Waals surface area contributed by atoms with E-state index in [1.807, 2.05) is 49.4 Å². The van der Waals surface area contributed by atoms with Crippen LogP contribution in [0.15, 0.2) is 48.5 Å². The maximum absolute atomic E-state index is 5.94. The molecule has 0 fully saturated rings. The first kappa shape index (κ1) is 14.0. The molecule has 2 nitrogen and oxygen atoms in total. The Kier molecular flexibility index (Phi) is 4.94. The van der Waals surface area contributed by atoms with Crippen molar-refractivity contribution in [3.8, 4) is 5.75 Å². The van der Waals surface area contributed by atoms with Crippen LogP contribution >= 0.6 is 23.2 Å². The highest BCUT2D eigenvalue weighted by molar-refractivity contribution is 6.35. The number of halogens is 2. The molecule has 100 valence electrons. The molecule has 2 rings (SSSR count). The predicted octanol–water partition coefficient (Wildman–Crippen LogP) is 4.87. The molecule has 1 atom stereocenters. The molecule has 0 aliphatic heterocycles. The summed E-state index contributed by atoms with van der Waals surface area (Å²) in [4.78, 5) is 0. The van der Waals surface area contributed by atoms with E-state index in [9.17, 15) is 0 Å². The normalized spacial score (nSPS) is 11.9. The third kappa shape index (κ3) is 4.66. The molecule has 1 unspecified atom stereocenters. The third-order valence-corrected chi connectivity index (χ3v) is 2.97. The number of para-hydroxylation sites is 1. The Morgan fingerprint density at radius 3 is 2.32 bits per heavy atom. The van der Waals surface area contributed by atoms with E-state index >= 15 is 0 Å². The Morgan fingerprint density at radius 2 is 1.68 bits per heavy atom. The van der Waals surface area contributed by atoms with Crippen LogP contribution in [0.2, 0.25) is 10.0 Å². The van der Waals surface area contributed by atoms with Crippen molar-refractivity contribution in [2.24, 2.45) is 0 Å². The fourth-order valence-corrected chi connectivity index (χ4v) is 2.22. The number of hydrogen-bond donors (Lipinski definition) is 1. The fraction of sp³-hybridized carbons (Fsp3) is 0.200. The maximum atomic E-state index is 5.94. The summed E-state index contributed by atoms with van der Waals surface area (Å²) in [5.41, 5.74) is 0.890. The summed E-state index contributed by atoms with van der Waals surface area (Å²) < 4.78 is 5.77. The van der Waals surface area contributed by atoms with Gasteiger partial charge >= 0.3 is 0 Å². The number of benzene rings is 2. The average Bonchev–Trinajstić information content (AvgIpc) is 2.36. The van der Waals surface area contributed by atoms with Crippen LogP contribution in [0.25, 0.3) is 0 Å². The van der Waals surface area contributed by atoms with Gasteiger partial charge in [0.25, 0.3) is 0 Å². The van der Waals surface area contributed by atoms with Gasteiger partial charge in [0.1, 0.15) is 11.9 Å². The standard InChI is InChI=1S/C15H15Cl2NO/c1-11(19-15-5-3-2-4-6-15)10-18-14-8-12(16)7-13(17)9-14/h2-9,11,18H,10H2,1H3. The Morgan fingerprint density at radius 1 is 1.05 bits per heavy atom. The minimum absolute atomic E-state index is 0.0418. The quantitative estimate of drug-likeness (QED) is 0.849. The van der Waals surface area contributed by atoms with Gasteiger partial charge in [-0.25, -0.2) is 0 Å². The van der Waals surface area contributed by atoms with E-state index < -0.39 is 0 Å². The minimum Gasteiger partial charge on any atom is -0.489 e. The van der Waals surface area contributed by atoms with Crippen molar-refractivity contribution < 1.29 is 4.74 Å². The van der Waals surface area contributed by atoms with Gasteiger partial charge in [-0.1, -0.05) is 41.4 Å². The SMILES string of the molecule is CC(CNc1cc(Cl)cc(Cl)c1)Oc1ccccc1. The third-order valence-electron chi connectivity index (χ3n) is 2.54. The summed E-state index contributed by atoms with van der Waals surface area (Å²) in [6, 6.07) is 15.1. The number of rotatable bonds is 5. The van der Waals surface area contributed by atoms with E-state index in [0.29, 0.717) is 16.6 Å². The molecule has 0 aromatic heterocycles. The highest BCUT2D eigenvalue weighted by Crippen LogP contribution is 2.22. The zero-order chi connectivity index (χ0) is 13.7. The van der Waals surface area contributed by atoms with Crippen LogP contribution < -0.4 is 10.1 Å². The number of anilines is 1. The molecule has 2 aromatic rings. The van der Waals surface area contributed by atoms with Gasteiger partial charge in [-0.15, -0.1) is 0 Å². The van der Waals surface area contributed by atoms with Crippen molar-refractivity contribution in [2.75, 3.05) is 11.9 Å². The lowest BCUT2D eigenvalue weighted by Crippen LogP contribution is -2.22. The molecule has 0 saturated carbocycles. The molecule has 0 amide bonds. The average molecular weight is 296 g/mol. The summed E-state index contributed by atoms with van der Waals surface area (Å²) in [5.74, 6) is 0.862. The predicted molar refractivity (Wildman–Crippen MR) is 81.5 cm³/mol. The smallest absolute Gasteiger partial charge is 0.119 e. The maximum Gasteiger partial charge on any atom is 0.119 e. The van der Waals surface area contributed by atoms with E-state index in [1.54, 1.807) is 6.07 Å². The molecule has 0 bridgehead atoms. The van der Waals surface area contributed by atoms with E-state index in [0.717, 1.165) is 11.4 Å². The highest BCUT2D eigenvalue weighted by Gasteiger charge is 2.04. The van der Waals surface area contributed by atoms with Gasteiger partial charge in [0.05, 0.1) is 6.54 Å². The van der Waals surface area contributed by atoms with Crippen LogP contribution in [0.5, 0.6) is 5.75 Å². The Balaban J connectivity index is 1.88. The van der Waals surface area contributed by atoms with Gasteiger partial charge < -0.3 is 10.1 Å². The largest absolute Gasteiger partial charge is 0.489 e. The molecule has 0 radical (unpaired) electrons. The van der Waals surface area contributed by atoms with Gasteiger partial charge in [-0.3, -0.25) is 0 Å². The molecule has 0 heterocycles. The molecule has 0 saturated heterocycles. The molecule has 0 aliphatic rings. The van der Waals surface area contributed by atoms with Gasteiger partial charge in [0, 0.05) is 15.7 Å². The summed E-state index contributed by atoms with van der Waals surface area (Å²) >= 11 is 11.9. The van der Waals surface area contributed by atoms with Gasteiger partial charge in [-0.05, 0) is 37.3 Å². The van der Waals surface area contributed by atoms with Gasteiger partial charge in [0.2, 0.25) is 0 Å². The van der Waals surface area contributed by atoms with Gasteiger partial charge in [-0.2, -0.15) is 0 Å². The topological polar surface area (TPSA) is 21.3 Å². The number of nitrogens with one attached hydrogen (secondary N) is 1. The van der Waals surface area contributed by atoms with Crippen LogP contribution in [0.4, 0.5) is 5.69 Å². The van der Waals surface area contributed by atoms with Crippen LogP contribution in [0.3, 0.4) is 0 Å². The summed E-state index contributed by atoms with van der Waals surface area (Å²) in [6.07, 6.45) is 0.0418. The van der Waals surface area contributed by atoms with Crippen LogP contribution in [0, 0.1) is 0 Å². The Hall–Kier alpha value is -1.38. The molecule has 0 aliphatic carbocycles. The first-order valence-electron chi connectivity index (χ1n) is 6.05. The minimum atomic E-state index is 0.0418. The van der Waals surface area contributed by atoms with E-state index in [2.05, 4.69) is 5.32 Å². The molecular formula is C15H15Cl2NO. The summed E-state index contributed by atoms with van der Waals surface area (Å²) in [5, 5.41) is 4.49. The summed E-state index contributed by atoms with van der Waals surface area (Å²) in [6.45, 7) is 2.68. The second-order valence-electron chi connectivity index (χ2n) is 4.28. The Labute approximate surface area is 123 Å². The molecule has 19 heavy (non-hydrogen) atoms. The van der Waals surface area contributed by atoms with Gasteiger partial charge in [0.15, 0.2) is 0 Å². The highest BCUT2D eigenvalue weighted by atomic mass is 35.5. The first-order chi connectivity index (χ1) is 9.13. The molecular weight excluding hydrogens is 281 g/mol. The van der Waals surface area contributed by atoms with Crippen molar-refractivity contribution in [2.45, 2.75) is 13.0 Å². The van der Waals surface area contributed by atoms with Crippen LogP contribution in [-0.4, -0.2) is 12.6 Å². The van der Waals surface area contributed by atoms with Crippen molar-refractivity contribution in [3.05, 3.63) is 58.6 Å². The van der Waals surface area contributed by atoms with E-state index in [-0.39, 0.29) is 6.10 Å². The lowest BCUT2D eigenvalue weighted by molar-refractivity contribution is 0.235. The Bertz CT molecular complexity index is 511. The molecule has 1 N–H and O–H groups in total. The van der Waals surface area contributed by atoms with E-state index in [1.165, 1.54) is 0 Å². The molecule has 4 heteroatoms. The first-order valence-corrected chi connectivity index (χ1v) is 6.81. The zero-order valence-corrected chi connectivity index (χ0v) is 12.1. The van der Waals surface area contributed by atoms with Crippen LogP contribution in [-0.2, 0) is 0 Å².